The Kier molecular flexibility index (Phi) is 4.61. The third kappa shape index (κ3) is 3.81. The molecule has 2 rings (SSSR count). The first kappa shape index (κ1) is 14.1. The summed E-state index contributed by atoms with van der Waals surface area (Å²) in [6.07, 6.45) is 0. The highest BCUT2D eigenvalue weighted by Gasteiger charge is 2.09. The van der Waals surface area contributed by atoms with E-state index in [1.54, 1.807) is 18.2 Å². The molecule has 2 aromatic carbocycles. The van der Waals surface area contributed by atoms with E-state index >= 15 is 0 Å². The monoisotopic (exact) mass is 383 g/mol. The fraction of sp³-hybridized carbons (Fsp3) is 0.0714. The Morgan fingerprint density at radius 2 is 1.68 bits per heavy atom. The summed E-state index contributed by atoms with van der Waals surface area (Å²) >= 11 is 6.72. The van der Waals surface area contributed by atoms with Gasteiger partial charge in [-0.05, 0) is 35.9 Å². The van der Waals surface area contributed by atoms with Gasteiger partial charge in [0.15, 0.2) is 0 Å². The number of rotatable bonds is 4. The fourth-order valence-electron chi connectivity index (χ4n) is 1.65. The van der Waals surface area contributed by atoms with Gasteiger partial charge in [-0.3, -0.25) is 0 Å². The third-order valence-corrected chi connectivity index (χ3v) is 3.63. The topological polar surface area (TPSA) is 49.3 Å². The van der Waals surface area contributed by atoms with Crippen LogP contribution in [-0.4, -0.2) is 11.1 Å². The molecule has 0 aromatic heterocycles. The highest BCUT2D eigenvalue weighted by atomic mass is 79.9. The molecule has 0 saturated carbocycles. The number of halogens is 2. The largest absolute Gasteiger partial charge is 0.478 e. The van der Waals surface area contributed by atoms with Crippen molar-refractivity contribution in [3.63, 3.8) is 0 Å². The first-order valence-corrected chi connectivity index (χ1v) is 7.16. The average molecular weight is 385 g/mol. The van der Waals surface area contributed by atoms with Crippen LogP contribution >= 0.6 is 31.9 Å². The maximum Gasteiger partial charge on any atom is 0.337 e. The summed E-state index contributed by atoms with van der Waals surface area (Å²) in [5.74, 6) is -0.939. The molecule has 3 nitrogen and oxygen atoms in total. The van der Waals surface area contributed by atoms with Crippen LogP contribution in [-0.2, 0) is 6.54 Å². The van der Waals surface area contributed by atoms with E-state index in [1.807, 2.05) is 24.3 Å². The molecule has 0 bridgehead atoms. The lowest BCUT2D eigenvalue weighted by atomic mass is 10.1. The van der Waals surface area contributed by atoms with E-state index in [4.69, 9.17) is 5.11 Å². The van der Waals surface area contributed by atoms with Gasteiger partial charge in [-0.25, -0.2) is 4.79 Å². The number of anilines is 1. The van der Waals surface area contributed by atoms with E-state index in [2.05, 4.69) is 37.2 Å². The lowest BCUT2D eigenvalue weighted by Gasteiger charge is -2.10. The Morgan fingerprint density at radius 1 is 1.05 bits per heavy atom. The predicted octanol–water partition coefficient (Wildman–Crippen LogP) is 4.52. The molecule has 0 radical (unpaired) electrons. The first-order valence-electron chi connectivity index (χ1n) is 5.57. The summed E-state index contributed by atoms with van der Waals surface area (Å²) in [4.78, 5) is 11.1. The Morgan fingerprint density at radius 3 is 2.32 bits per heavy atom. The summed E-state index contributed by atoms with van der Waals surface area (Å²) in [5, 5.41) is 12.3. The molecule has 98 valence electrons. The molecule has 0 saturated heterocycles. The van der Waals surface area contributed by atoms with Crippen molar-refractivity contribution in [2.75, 3.05) is 5.32 Å². The molecule has 0 aliphatic carbocycles. The van der Waals surface area contributed by atoms with Crippen molar-refractivity contribution < 1.29 is 9.90 Å². The van der Waals surface area contributed by atoms with E-state index in [-0.39, 0.29) is 5.56 Å². The number of carboxylic acid groups (broad SMARTS) is 1. The van der Waals surface area contributed by atoms with Gasteiger partial charge in [0.25, 0.3) is 0 Å². The van der Waals surface area contributed by atoms with E-state index in [1.165, 1.54) is 0 Å². The van der Waals surface area contributed by atoms with Crippen LogP contribution < -0.4 is 5.32 Å². The van der Waals surface area contributed by atoms with Crippen molar-refractivity contribution in [1.82, 2.24) is 0 Å². The molecule has 0 amide bonds. The number of carbonyl (C=O) groups is 1. The van der Waals surface area contributed by atoms with Gasteiger partial charge in [0.1, 0.15) is 0 Å². The van der Waals surface area contributed by atoms with Crippen LogP contribution in [0, 0.1) is 0 Å². The summed E-state index contributed by atoms with van der Waals surface area (Å²) < 4.78 is 1.86. The molecule has 0 fully saturated rings. The minimum Gasteiger partial charge on any atom is -0.478 e. The second-order valence-corrected chi connectivity index (χ2v) is 5.81. The number of hydrogen-bond donors (Lipinski definition) is 2. The van der Waals surface area contributed by atoms with Crippen LogP contribution in [0.25, 0.3) is 0 Å². The van der Waals surface area contributed by atoms with Gasteiger partial charge >= 0.3 is 5.97 Å². The summed E-state index contributed by atoms with van der Waals surface area (Å²) in [7, 11) is 0. The second kappa shape index (κ2) is 6.21. The summed E-state index contributed by atoms with van der Waals surface area (Å²) in [6, 6.07) is 12.9. The lowest BCUT2D eigenvalue weighted by molar-refractivity contribution is 0.0698. The van der Waals surface area contributed by atoms with Gasteiger partial charge in [-0.2, -0.15) is 0 Å². The molecule has 19 heavy (non-hydrogen) atoms. The smallest absolute Gasteiger partial charge is 0.337 e. The maximum absolute atomic E-state index is 11.1. The molecule has 2 N–H and O–H groups in total. The number of benzene rings is 2. The zero-order chi connectivity index (χ0) is 13.8. The number of carboxylic acids is 1. The highest BCUT2D eigenvalue weighted by molar-refractivity contribution is 9.10. The van der Waals surface area contributed by atoms with Crippen molar-refractivity contribution >= 4 is 43.5 Å². The van der Waals surface area contributed by atoms with Gasteiger partial charge in [0.2, 0.25) is 0 Å². The molecule has 0 unspecified atom stereocenters. The summed E-state index contributed by atoms with van der Waals surface area (Å²) in [6.45, 7) is 0.573. The Bertz CT molecular complexity index is 597. The zero-order valence-electron chi connectivity index (χ0n) is 9.86. The lowest BCUT2D eigenvalue weighted by Crippen LogP contribution is -2.06. The van der Waals surface area contributed by atoms with Crippen LogP contribution in [0.3, 0.4) is 0 Å². The normalized spacial score (nSPS) is 10.2. The van der Waals surface area contributed by atoms with Crippen LogP contribution in [0.15, 0.2) is 51.4 Å². The van der Waals surface area contributed by atoms with Gasteiger partial charge in [0, 0.05) is 15.5 Å². The van der Waals surface area contributed by atoms with E-state index in [9.17, 15) is 4.79 Å². The highest BCUT2D eigenvalue weighted by Crippen LogP contribution is 2.22. The van der Waals surface area contributed by atoms with E-state index < -0.39 is 5.97 Å². The molecule has 0 aliphatic rings. The first-order chi connectivity index (χ1) is 9.06. The molecule has 0 atom stereocenters. The SMILES string of the molecule is O=C(O)c1ccc(Br)cc1NCc1ccc(Br)cc1. The van der Waals surface area contributed by atoms with Crippen LogP contribution in [0.5, 0.6) is 0 Å². The van der Waals surface area contributed by atoms with Crippen LogP contribution in [0.4, 0.5) is 5.69 Å². The Balaban J connectivity index is 2.16. The molecular formula is C14H11Br2NO2. The standard InChI is InChI=1S/C14H11Br2NO2/c15-10-3-1-9(2-4-10)8-17-13-7-11(16)5-6-12(13)14(18)19/h1-7,17H,8H2,(H,18,19). The van der Waals surface area contributed by atoms with Crippen molar-refractivity contribution in [2.45, 2.75) is 6.54 Å². The number of aromatic carboxylic acids is 1. The van der Waals surface area contributed by atoms with Crippen molar-refractivity contribution in [3.05, 3.63) is 62.5 Å². The van der Waals surface area contributed by atoms with Crippen molar-refractivity contribution in [1.29, 1.82) is 0 Å². The minimum absolute atomic E-state index is 0.264. The molecule has 0 aliphatic heterocycles. The van der Waals surface area contributed by atoms with Crippen LogP contribution in [0.1, 0.15) is 15.9 Å². The number of nitrogens with one attached hydrogen (secondary N) is 1. The van der Waals surface area contributed by atoms with Gasteiger partial charge in [0.05, 0.1) is 11.3 Å². The van der Waals surface area contributed by atoms with Crippen molar-refractivity contribution in [2.24, 2.45) is 0 Å². The van der Waals surface area contributed by atoms with E-state index in [0.29, 0.717) is 12.2 Å². The molecule has 0 heterocycles. The van der Waals surface area contributed by atoms with Gasteiger partial charge in [-0.1, -0.05) is 44.0 Å². The fourth-order valence-corrected chi connectivity index (χ4v) is 2.27. The quantitative estimate of drug-likeness (QED) is 0.814. The van der Waals surface area contributed by atoms with Gasteiger partial charge < -0.3 is 10.4 Å². The molecular weight excluding hydrogens is 374 g/mol. The average Bonchev–Trinajstić information content (AvgIpc) is 2.38. The molecule has 2 aromatic rings. The molecule has 0 spiro atoms. The Hall–Kier alpha value is -1.33. The van der Waals surface area contributed by atoms with Crippen LogP contribution in [0.2, 0.25) is 0 Å². The maximum atomic E-state index is 11.1. The summed E-state index contributed by atoms with van der Waals surface area (Å²) in [5.41, 5.74) is 1.95. The van der Waals surface area contributed by atoms with Crippen molar-refractivity contribution in [3.8, 4) is 0 Å². The number of hydrogen-bond acceptors (Lipinski definition) is 2. The second-order valence-electron chi connectivity index (χ2n) is 3.98. The Labute approximate surface area is 127 Å². The predicted molar refractivity (Wildman–Crippen MR) is 82.6 cm³/mol. The van der Waals surface area contributed by atoms with Gasteiger partial charge in [-0.15, -0.1) is 0 Å². The molecule has 5 heteroatoms. The van der Waals surface area contributed by atoms with E-state index in [0.717, 1.165) is 14.5 Å². The third-order valence-electron chi connectivity index (χ3n) is 2.61. The zero-order valence-corrected chi connectivity index (χ0v) is 13.0. The minimum atomic E-state index is -0.939.